The zero-order valence-electron chi connectivity index (χ0n) is 9.98. The van der Waals surface area contributed by atoms with Crippen LogP contribution in [-0.4, -0.2) is 49.3 Å². The van der Waals surface area contributed by atoms with Gasteiger partial charge in [-0.15, -0.1) is 0 Å². The summed E-state index contributed by atoms with van der Waals surface area (Å²) in [6.45, 7) is 4.61. The van der Waals surface area contributed by atoms with Gasteiger partial charge in [-0.1, -0.05) is 0 Å². The van der Waals surface area contributed by atoms with Crippen molar-refractivity contribution >= 4 is 6.29 Å². The number of likely N-dealkylation sites (tertiary alicyclic amines) is 1. The Bertz CT molecular complexity index is 174. The van der Waals surface area contributed by atoms with Crippen molar-refractivity contribution < 1.29 is 4.79 Å². The van der Waals surface area contributed by atoms with E-state index in [1.165, 1.54) is 25.9 Å². The largest absolute Gasteiger partial charge is 0.306 e. The minimum atomic E-state index is 0.699. The SMILES string of the molecule is CN(C)C1CCN([CH]CCCC=O)CC1. The molecule has 1 saturated heterocycles. The second-order valence-electron chi connectivity index (χ2n) is 4.51. The molecule has 0 spiro atoms. The number of carbonyl (C=O) groups is 1. The van der Waals surface area contributed by atoms with Crippen LogP contribution in [0.25, 0.3) is 0 Å². The molecule has 0 amide bonds. The van der Waals surface area contributed by atoms with Crippen LogP contribution in [0.1, 0.15) is 32.1 Å². The van der Waals surface area contributed by atoms with Crippen molar-refractivity contribution in [1.82, 2.24) is 9.80 Å². The van der Waals surface area contributed by atoms with E-state index in [2.05, 4.69) is 30.4 Å². The van der Waals surface area contributed by atoms with Crippen LogP contribution in [-0.2, 0) is 4.79 Å². The number of piperidine rings is 1. The molecule has 87 valence electrons. The highest BCUT2D eigenvalue weighted by atomic mass is 16.1. The molecule has 3 heteroatoms. The first-order valence-corrected chi connectivity index (χ1v) is 5.91. The molecular weight excluding hydrogens is 188 g/mol. The van der Waals surface area contributed by atoms with Crippen LogP contribution in [0.15, 0.2) is 0 Å². The third-order valence-electron chi connectivity index (χ3n) is 3.14. The zero-order valence-corrected chi connectivity index (χ0v) is 9.98. The molecule has 1 radical (unpaired) electrons. The van der Waals surface area contributed by atoms with Crippen LogP contribution in [0.3, 0.4) is 0 Å². The van der Waals surface area contributed by atoms with Gasteiger partial charge in [-0.2, -0.15) is 0 Å². The fraction of sp³-hybridized carbons (Fsp3) is 0.833. The molecule has 3 nitrogen and oxygen atoms in total. The van der Waals surface area contributed by atoms with Gasteiger partial charge in [0, 0.05) is 19.0 Å². The number of nitrogens with zero attached hydrogens (tertiary/aromatic N) is 2. The summed E-state index contributed by atoms with van der Waals surface area (Å²) in [4.78, 5) is 14.9. The second kappa shape index (κ2) is 6.96. The van der Waals surface area contributed by atoms with Crippen LogP contribution in [0.2, 0.25) is 0 Å². The maximum absolute atomic E-state index is 10.1. The lowest BCUT2D eigenvalue weighted by Crippen LogP contribution is -2.40. The van der Waals surface area contributed by atoms with E-state index in [0.717, 1.165) is 25.2 Å². The van der Waals surface area contributed by atoms with Gasteiger partial charge in [0.15, 0.2) is 0 Å². The molecule has 0 saturated carbocycles. The van der Waals surface area contributed by atoms with E-state index in [4.69, 9.17) is 0 Å². The van der Waals surface area contributed by atoms with E-state index < -0.39 is 0 Å². The highest BCUT2D eigenvalue weighted by Crippen LogP contribution is 2.16. The lowest BCUT2D eigenvalue weighted by molar-refractivity contribution is -0.107. The first kappa shape index (κ1) is 12.7. The monoisotopic (exact) mass is 211 g/mol. The lowest BCUT2D eigenvalue weighted by Gasteiger charge is -2.34. The lowest BCUT2D eigenvalue weighted by atomic mass is 10.0. The topological polar surface area (TPSA) is 23.6 Å². The van der Waals surface area contributed by atoms with E-state index >= 15 is 0 Å². The van der Waals surface area contributed by atoms with Crippen LogP contribution in [0.5, 0.6) is 0 Å². The number of rotatable bonds is 6. The van der Waals surface area contributed by atoms with Gasteiger partial charge in [-0.05, 0) is 52.9 Å². The Labute approximate surface area is 93.4 Å². The summed E-state index contributed by atoms with van der Waals surface area (Å²) in [5.41, 5.74) is 0. The van der Waals surface area contributed by atoms with Gasteiger partial charge < -0.3 is 9.69 Å². The Morgan fingerprint density at radius 3 is 2.47 bits per heavy atom. The quantitative estimate of drug-likeness (QED) is 0.492. The van der Waals surface area contributed by atoms with Crippen molar-refractivity contribution in [3.05, 3.63) is 6.54 Å². The van der Waals surface area contributed by atoms with Crippen LogP contribution in [0, 0.1) is 6.54 Å². The molecule has 0 aliphatic carbocycles. The first-order valence-electron chi connectivity index (χ1n) is 5.91. The van der Waals surface area contributed by atoms with Gasteiger partial charge in [0.2, 0.25) is 0 Å². The van der Waals surface area contributed by atoms with Gasteiger partial charge in [0.1, 0.15) is 6.29 Å². The number of carbonyl (C=O) groups excluding carboxylic acids is 1. The normalized spacial score (nSPS) is 19.7. The Kier molecular flexibility index (Phi) is 5.88. The van der Waals surface area contributed by atoms with Crippen molar-refractivity contribution in [2.45, 2.75) is 38.1 Å². The predicted molar refractivity (Wildman–Crippen MR) is 62.5 cm³/mol. The molecule has 1 aliphatic rings. The van der Waals surface area contributed by atoms with E-state index in [-0.39, 0.29) is 0 Å². The Balaban J connectivity index is 2.06. The van der Waals surface area contributed by atoms with Gasteiger partial charge in [0.05, 0.1) is 0 Å². The molecule has 0 bridgehead atoms. The molecule has 0 N–H and O–H groups in total. The summed E-state index contributed by atoms with van der Waals surface area (Å²) in [5.74, 6) is 0. The van der Waals surface area contributed by atoms with Gasteiger partial charge in [0.25, 0.3) is 0 Å². The smallest absolute Gasteiger partial charge is 0.119 e. The summed E-state index contributed by atoms with van der Waals surface area (Å²) >= 11 is 0. The molecule has 0 unspecified atom stereocenters. The van der Waals surface area contributed by atoms with Crippen LogP contribution < -0.4 is 0 Å². The summed E-state index contributed by atoms with van der Waals surface area (Å²) in [5, 5.41) is 0. The molecule has 0 aromatic rings. The maximum Gasteiger partial charge on any atom is 0.119 e. The Morgan fingerprint density at radius 1 is 1.27 bits per heavy atom. The molecule has 1 fully saturated rings. The average Bonchev–Trinajstić information content (AvgIpc) is 2.25. The average molecular weight is 211 g/mol. The van der Waals surface area contributed by atoms with Gasteiger partial charge in [-0.25, -0.2) is 0 Å². The van der Waals surface area contributed by atoms with Crippen molar-refractivity contribution in [3.63, 3.8) is 0 Å². The van der Waals surface area contributed by atoms with E-state index in [1.807, 2.05) is 0 Å². The second-order valence-corrected chi connectivity index (χ2v) is 4.51. The maximum atomic E-state index is 10.1. The number of hydrogen-bond acceptors (Lipinski definition) is 3. The Morgan fingerprint density at radius 2 is 1.93 bits per heavy atom. The van der Waals surface area contributed by atoms with E-state index in [1.54, 1.807) is 0 Å². The molecule has 1 aliphatic heterocycles. The van der Waals surface area contributed by atoms with Crippen molar-refractivity contribution in [2.24, 2.45) is 0 Å². The zero-order chi connectivity index (χ0) is 11.1. The molecule has 0 aromatic carbocycles. The molecule has 0 atom stereocenters. The molecule has 1 heterocycles. The van der Waals surface area contributed by atoms with Crippen molar-refractivity contribution in [1.29, 1.82) is 0 Å². The summed E-state index contributed by atoms with van der Waals surface area (Å²) in [6.07, 6.45) is 6.27. The fourth-order valence-corrected chi connectivity index (χ4v) is 2.06. The predicted octanol–water partition coefficient (Wildman–Crippen LogP) is 1.54. The van der Waals surface area contributed by atoms with Crippen LogP contribution >= 0.6 is 0 Å². The molecule has 0 aromatic heterocycles. The fourth-order valence-electron chi connectivity index (χ4n) is 2.06. The number of unbranched alkanes of at least 4 members (excludes halogenated alkanes) is 2. The summed E-state index contributed by atoms with van der Waals surface area (Å²) in [7, 11) is 4.32. The molecular formula is C12H23N2O. The highest BCUT2D eigenvalue weighted by Gasteiger charge is 2.19. The molecule has 1 rings (SSSR count). The third kappa shape index (κ3) is 4.76. The minimum Gasteiger partial charge on any atom is -0.306 e. The first-order chi connectivity index (χ1) is 7.24. The van der Waals surface area contributed by atoms with Gasteiger partial charge >= 0.3 is 0 Å². The number of hydrogen-bond donors (Lipinski definition) is 0. The summed E-state index contributed by atoms with van der Waals surface area (Å²) < 4.78 is 0. The third-order valence-corrected chi connectivity index (χ3v) is 3.14. The van der Waals surface area contributed by atoms with Crippen molar-refractivity contribution in [3.8, 4) is 0 Å². The van der Waals surface area contributed by atoms with E-state index in [0.29, 0.717) is 6.42 Å². The van der Waals surface area contributed by atoms with Crippen molar-refractivity contribution in [2.75, 3.05) is 27.2 Å². The standard InChI is InChI=1S/C12H23N2O/c1-13(2)12-6-9-14(10-7-12)8-4-3-5-11-15/h8,11-12H,3-7,9-10H2,1-2H3. The van der Waals surface area contributed by atoms with Gasteiger partial charge in [-0.3, -0.25) is 4.90 Å². The Hall–Kier alpha value is -0.410. The minimum absolute atomic E-state index is 0.699. The summed E-state index contributed by atoms with van der Waals surface area (Å²) in [6, 6.07) is 0.754. The molecule has 15 heavy (non-hydrogen) atoms. The highest BCUT2D eigenvalue weighted by molar-refractivity contribution is 5.48. The van der Waals surface area contributed by atoms with E-state index in [9.17, 15) is 4.79 Å². The van der Waals surface area contributed by atoms with Crippen LogP contribution in [0.4, 0.5) is 0 Å². The number of aldehydes is 1.